The van der Waals surface area contributed by atoms with Crippen molar-refractivity contribution in [3.8, 4) is 5.75 Å². The van der Waals surface area contributed by atoms with E-state index in [1.165, 1.54) is 50.6 Å². The third-order valence-electron chi connectivity index (χ3n) is 9.40. The van der Waals surface area contributed by atoms with Gasteiger partial charge in [0.05, 0.1) is 24.6 Å². The number of aromatic hydroxyl groups is 1. The fourth-order valence-electron chi connectivity index (χ4n) is 5.77. The van der Waals surface area contributed by atoms with Crippen LogP contribution in [-0.4, -0.2) is 132 Å². The summed E-state index contributed by atoms with van der Waals surface area (Å²) in [4.78, 5) is 99.5. The molecule has 0 aliphatic rings. The van der Waals surface area contributed by atoms with Gasteiger partial charge in [-0.25, -0.2) is 9.78 Å². The number of imidazole rings is 1. The monoisotopic (exact) mass is 849 g/mol. The van der Waals surface area contributed by atoms with Crippen LogP contribution in [-0.2, 0) is 46.4 Å². The van der Waals surface area contributed by atoms with E-state index in [0.717, 1.165) is 0 Å². The van der Waals surface area contributed by atoms with Crippen LogP contribution in [0.5, 0.6) is 5.75 Å². The number of aliphatic hydroxyl groups is 2. The van der Waals surface area contributed by atoms with E-state index in [9.17, 15) is 54.0 Å². The number of H-pyrrole nitrogens is 1. The summed E-state index contributed by atoms with van der Waals surface area (Å²) in [6.45, 7) is 9.46. The summed E-state index contributed by atoms with van der Waals surface area (Å²) in [5.74, 6) is -7.52. The third kappa shape index (κ3) is 16.1. The van der Waals surface area contributed by atoms with Crippen molar-refractivity contribution >= 4 is 54.0 Å². The molecule has 0 bridgehead atoms. The van der Waals surface area contributed by atoms with E-state index in [0.29, 0.717) is 24.1 Å². The van der Waals surface area contributed by atoms with E-state index < -0.39 is 102 Å². The number of nitrogens with zero attached hydrogens (tertiary/aromatic N) is 1. The number of aromatic amines is 1. The molecule has 1 heterocycles. The van der Waals surface area contributed by atoms with E-state index in [4.69, 9.17) is 5.73 Å². The highest BCUT2D eigenvalue weighted by molar-refractivity contribution is 7.80. The van der Waals surface area contributed by atoms with Gasteiger partial charge in [0.15, 0.2) is 0 Å². The Morgan fingerprint density at radius 3 is 1.66 bits per heavy atom. The molecule has 2 rings (SSSR count). The molecule has 0 unspecified atom stereocenters. The Kier molecular flexibility index (Phi) is 20.3. The number of aromatic nitrogens is 2. The largest absolute Gasteiger partial charge is 0.508 e. The number of carboxylic acid groups (broad SMARTS) is 1. The standard InChI is InChI=1S/C38H59N9O11S/c1-7-19(4)29(35(54)44-28(16-59)38(57)58)45-36(55)31(21(6)49)47-37(56)30(20(5)48)46-34(53)26(13-22-8-10-24(50)11-9-22)43-33(52)27(14-23-15-40-17-41-23)42-32(51)25(39)12-18(2)3/h8-11,15,17-21,25-31,48-50,59H,7,12-14,16,39H2,1-6H3,(H,40,41)(H,42,51)(H,43,52)(H,44,54)(H,45,55)(H,46,53)(H,47,56)(H,57,58)/t19-,20+,21+,25-,26-,27-,28-,29-,30-,31-/m0/s1. The first-order valence-corrected chi connectivity index (χ1v) is 19.8. The summed E-state index contributed by atoms with van der Waals surface area (Å²) >= 11 is 3.94. The second-order valence-corrected chi connectivity index (χ2v) is 15.3. The highest BCUT2D eigenvalue weighted by Gasteiger charge is 2.37. The van der Waals surface area contributed by atoms with Gasteiger partial charge in [-0.2, -0.15) is 12.6 Å². The van der Waals surface area contributed by atoms with Crippen LogP contribution < -0.4 is 37.6 Å². The number of carbonyl (C=O) groups excluding carboxylic acids is 6. The van der Waals surface area contributed by atoms with Gasteiger partial charge in [0, 0.05) is 30.5 Å². The molecule has 59 heavy (non-hydrogen) atoms. The molecule has 0 radical (unpaired) electrons. The maximum atomic E-state index is 14.0. The lowest BCUT2D eigenvalue weighted by Gasteiger charge is -2.30. The lowest BCUT2D eigenvalue weighted by atomic mass is 9.97. The van der Waals surface area contributed by atoms with Crippen molar-refractivity contribution in [2.24, 2.45) is 17.6 Å². The number of nitrogens with one attached hydrogen (secondary N) is 7. The van der Waals surface area contributed by atoms with Crippen molar-refractivity contribution in [3.05, 3.63) is 48.0 Å². The molecule has 2 aromatic rings. The average Bonchev–Trinajstić information content (AvgIpc) is 3.69. The SMILES string of the molecule is CC[C@H](C)[C@H](NC(=O)[C@@H](NC(=O)[C@@H](NC(=O)[C@H](Cc1ccc(O)cc1)NC(=O)[C@H](Cc1cnc[nH]1)NC(=O)[C@@H](N)CC(C)C)[C@@H](C)O)[C@@H](C)O)C(=O)N[C@@H](CS)C(=O)O. The Morgan fingerprint density at radius 1 is 0.712 bits per heavy atom. The molecule has 21 heteroatoms. The molecule has 0 fully saturated rings. The Morgan fingerprint density at radius 2 is 1.19 bits per heavy atom. The number of carboxylic acids is 1. The number of rotatable bonds is 24. The molecular formula is C38H59N9O11S. The molecule has 1 aromatic heterocycles. The predicted molar refractivity (Wildman–Crippen MR) is 217 cm³/mol. The zero-order chi connectivity index (χ0) is 44.6. The summed E-state index contributed by atoms with van der Waals surface area (Å²) in [6.07, 6.45) is 0.0676. The number of carbonyl (C=O) groups is 7. The second-order valence-electron chi connectivity index (χ2n) is 14.9. The number of aliphatic carboxylic acids is 1. The number of hydrogen-bond donors (Lipinski definition) is 13. The first-order chi connectivity index (χ1) is 27.7. The van der Waals surface area contributed by atoms with Gasteiger partial charge in [0.25, 0.3) is 0 Å². The lowest BCUT2D eigenvalue weighted by Crippen LogP contribution is -2.64. The van der Waals surface area contributed by atoms with Crippen molar-refractivity contribution in [1.82, 2.24) is 41.9 Å². The van der Waals surface area contributed by atoms with Crippen LogP contribution in [0.4, 0.5) is 0 Å². The molecule has 1 aromatic carbocycles. The Bertz CT molecular complexity index is 1710. The van der Waals surface area contributed by atoms with Crippen LogP contribution in [0.3, 0.4) is 0 Å². The quantitative estimate of drug-likeness (QED) is 0.0510. The highest BCUT2D eigenvalue weighted by atomic mass is 32.1. The minimum atomic E-state index is -1.77. The smallest absolute Gasteiger partial charge is 0.327 e. The van der Waals surface area contributed by atoms with Gasteiger partial charge >= 0.3 is 5.97 Å². The zero-order valence-electron chi connectivity index (χ0n) is 34.0. The molecule has 20 nitrogen and oxygen atoms in total. The van der Waals surface area contributed by atoms with Crippen LogP contribution in [0.15, 0.2) is 36.8 Å². The van der Waals surface area contributed by atoms with Gasteiger partial charge < -0.3 is 63.0 Å². The van der Waals surface area contributed by atoms with Gasteiger partial charge in [-0.3, -0.25) is 28.8 Å². The summed E-state index contributed by atoms with van der Waals surface area (Å²) in [5, 5.41) is 55.2. The van der Waals surface area contributed by atoms with Crippen LogP contribution in [0, 0.1) is 11.8 Å². The maximum absolute atomic E-state index is 14.0. The predicted octanol–water partition coefficient (Wildman–Crippen LogP) is -2.00. The topological polar surface area (TPSA) is 327 Å². The van der Waals surface area contributed by atoms with E-state index >= 15 is 0 Å². The number of aliphatic hydroxyl groups excluding tert-OH is 2. The first-order valence-electron chi connectivity index (χ1n) is 19.2. The van der Waals surface area contributed by atoms with E-state index in [1.807, 2.05) is 13.8 Å². The van der Waals surface area contributed by atoms with Crippen molar-refractivity contribution in [2.75, 3.05) is 5.75 Å². The number of benzene rings is 1. The van der Waals surface area contributed by atoms with Crippen LogP contribution >= 0.6 is 12.6 Å². The minimum Gasteiger partial charge on any atom is -0.508 e. The van der Waals surface area contributed by atoms with Crippen molar-refractivity contribution in [2.45, 2.75) is 122 Å². The maximum Gasteiger partial charge on any atom is 0.327 e. The van der Waals surface area contributed by atoms with Crippen molar-refractivity contribution < 1.29 is 54.0 Å². The fraction of sp³-hybridized carbons (Fsp3) is 0.579. The molecular weight excluding hydrogens is 791 g/mol. The van der Waals surface area contributed by atoms with Crippen LogP contribution in [0.2, 0.25) is 0 Å². The normalized spacial score (nSPS) is 16.4. The number of nitrogens with two attached hydrogens (primary N) is 1. The van der Waals surface area contributed by atoms with Gasteiger partial charge in [-0.1, -0.05) is 46.2 Å². The second kappa shape index (κ2) is 24.0. The molecule has 0 aliphatic carbocycles. The van der Waals surface area contributed by atoms with Crippen molar-refractivity contribution in [3.63, 3.8) is 0 Å². The lowest BCUT2D eigenvalue weighted by molar-refractivity contribution is -0.142. The van der Waals surface area contributed by atoms with Crippen LogP contribution in [0.1, 0.15) is 65.6 Å². The molecule has 0 spiro atoms. The van der Waals surface area contributed by atoms with Crippen LogP contribution in [0.25, 0.3) is 0 Å². The molecule has 0 saturated heterocycles. The van der Waals surface area contributed by atoms with Gasteiger partial charge in [0.2, 0.25) is 35.4 Å². The number of amides is 6. The molecule has 0 aliphatic heterocycles. The van der Waals surface area contributed by atoms with Gasteiger partial charge in [-0.15, -0.1) is 0 Å². The highest BCUT2D eigenvalue weighted by Crippen LogP contribution is 2.14. The minimum absolute atomic E-state index is 0.0698. The average molecular weight is 850 g/mol. The number of hydrogen-bond acceptors (Lipinski definition) is 13. The summed E-state index contributed by atoms with van der Waals surface area (Å²) < 4.78 is 0. The Hall–Kier alpha value is -5.25. The summed E-state index contributed by atoms with van der Waals surface area (Å²) in [5.41, 5.74) is 7.02. The number of thiol groups is 1. The van der Waals surface area contributed by atoms with Crippen molar-refractivity contribution in [1.29, 1.82) is 0 Å². The Balaban J connectivity index is 2.39. The Labute approximate surface area is 348 Å². The van der Waals surface area contributed by atoms with E-state index in [1.54, 1.807) is 13.8 Å². The van der Waals surface area contributed by atoms with Gasteiger partial charge in [-0.05, 0) is 49.8 Å². The van der Waals surface area contributed by atoms with E-state index in [-0.39, 0.29) is 30.3 Å². The summed E-state index contributed by atoms with van der Waals surface area (Å²) in [7, 11) is 0. The zero-order valence-corrected chi connectivity index (χ0v) is 34.9. The van der Waals surface area contributed by atoms with Gasteiger partial charge in [0.1, 0.15) is 42.0 Å². The number of phenols is 1. The molecule has 328 valence electrons. The third-order valence-corrected chi connectivity index (χ3v) is 9.76. The summed E-state index contributed by atoms with van der Waals surface area (Å²) in [6, 6.07) is -4.12. The fourth-order valence-corrected chi connectivity index (χ4v) is 6.02. The molecule has 0 saturated carbocycles. The molecule has 6 amide bonds. The molecule has 10 atom stereocenters. The molecule has 13 N–H and O–H groups in total. The first kappa shape index (κ1) is 49.9. The van der Waals surface area contributed by atoms with E-state index in [2.05, 4.69) is 54.5 Å². The number of phenolic OH excluding ortho intramolecular Hbond substituents is 1.